The van der Waals surface area contributed by atoms with E-state index in [0.717, 1.165) is 27.8 Å². The summed E-state index contributed by atoms with van der Waals surface area (Å²) in [6.07, 6.45) is 3.51. The number of nitrogens with zero attached hydrogens (tertiary/aromatic N) is 4. The first-order valence-electron chi connectivity index (χ1n) is 9.00. The molecule has 130 valence electrons. The maximum absolute atomic E-state index is 4.57. The summed E-state index contributed by atoms with van der Waals surface area (Å²) in [6.45, 7) is 2.15. The van der Waals surface area contributed by atoms with Gasteiger partial charge >= 0.3 is 0 Å². The Kier molecular flexibility index (Phi) is 3.50. The van der Waals surface area contributed by atoms with Crippen LogP contribution in [0.2, 0.25) is 0 Å². The minimum atomic E-state index is 0.968. The summed E-state index contributed by atoms with van der Waals surface area (Å²) in [5.74, 6) is 0. The monoisotopic (exact) mass is 351 g/mol. The summed E-state index contributed by atoms with van der Waals surface area (Å²) in [7, 11) is 2.12. The largest absolute Gasteiger partial charge is 0.297 e. The van der Waals surface area contributed by atoms with Crippen molar-refractivity contribution in [1.29, 1.82) is 0 Å². The Morgan fingerprint density at radius 2 is 1.67 bits per heavy atom. The standard InChI is InChI=1S/C23H19N4/c1-16-8-6-7-11-18(16)20-13-12-19-22-21(14-24-15-25-22)27(23(19)26(20)2)17-9-4-3-5-10-17/h3-15H,1-2H3/q+1. The van der Waals surface area contributed by atoms with Crippen LogP contribution in [0.5, 0.6) is 0 Å². The van der Waals surface area contributed by atoms with E-state index in [9.17, 15) is 0 Å². The molecule has 0 unspecified atom stereocenters. The summed E-state index contributed by atoms with van der Waals surface area (Å²) in [5.41, 5.74) is 7.86. The van der Waals surface area contributed by atoms with Crippen LogP contribution in [-0.4, -0.2) is 14.5 Å². The van der Waals surface area contributed by atoms with Crippen molar-refractivity contribution in [2.75, 3.05) is 0 Å². The fourth-order valence-electron chi connectivity index (χ4n) is 3.88. The van der Waals surface area contributed by atoms with Gasteiger partial charge in [0.25, 0.3) is 5.65 Å². The average Bonchev–Trinajstić information content (AvgIpc) is 3.05. The van der Waals surface area contributed by atoms with Gasteiger partial charge in [0.1, 0.15) is 23.2 Å². The third-order valence-corrected chi connectivity index (χ3v) is 5.16. The van der Waals surface area contributed by atoms with Crippen molar-refractivity contribution < 1.29 is 4.57 Å². The molecule has 0 N–H and O–H groups in total. The number of hydrogen-bond acceptors (Lipinski definition) is 2. The Labute approximate surface area is 157 Å². The van der Waals surface area contributed by atoms with E-state index in [4.69, 9.17) is 0 Å². The number of benzene rings is 2. The van der Waals surface area contributed by atoms with Gasteiger partial charge in [0, 0.05) is 5.56 Å². The lowest BCUT2D eigenvalue weighted by Gasteiger charge is -2.09. The molecule has 3 aromatic heterocycles. The molecule has 27 heavy (non-hydrogen) atoms. The number of para-hydroxylation sites is 1. The molecule has 3 heterocycles. The fourth-order valence-corrected chi connectivity index (χ4v) is 3.88. The molecule has 0 bridgehead atoms. The highest BCUT2D eigenvalue weighted by Gasteiger charge is 2.25. The van der Waals surface area contributed by atoms with Gasteiger partial charge in [-0.15, -0.1) is 0 Å². The van der Waals surface area contributed by atoms with E-state index in [2.05, 4.69) is 93.7 Å². The lowest BCUT2D eigenvalue weighted by molar-refractivity contribution is -0.636. The van der Waals surface area contributed by atoms with E-state index in [1.165, 1.54) is 16.8 Å². The summed E-state index contributed by atoms with van der Waals surface area (Å²) < 4.78 is 4.50. The molecule has 0 saturated carbocycles. The number of fused-ring (bicyclic) bond motifs is 3. The molecule has 0 radical (unpaired) electrons. The summed E-state index contributed by atoms with van der Waals surface area (Å²) >= 11 is 0. The number of aromatic nitrogens is 4. The predicted molar refractivity (Wildman–Crippen MR) is 108 cm³/mol. The van der Waals surface area contributed by atoms with Crippen molar-refractivity contribution in [2.24, 2.45) is 7.05 Å². The molecule has 0 amide bonds. The van der Waals surface area contributed by atoms with Crippen LogP contribution in [0.1, 0.15) is 5.56 Å². The van der Waals surface area contributed by atoms with Crippen molar-refractivity contribution in [3.8, 4) is 16.9 Å². The molecule has 4 heteroatoms. The van der Waals surface area contributed by atoms with E-state index < -0.39 is 0 Å². The molecule has 0 aliphatic heterocycles. The highest BCUT2D eigenvalue weighted by Crippen LogP contribution is 2.30. The minimum Gasteiger partial charge on any atom is -0.240 e. The van der Waals surface area contributed by atoms with Gasteiger partial charge in [0.05, 0.1) is 18.6 Å². The van der Waals surface area contributed by atoms with Crippen LogP contribution in [0.4, 0.5) is 0 Å². The Balaban J connectivity index is 1.94. The van der Waals surface area contributed by atoms with Crippen LogP contribution < -0.4 is 4.57 Å². The van der Waals surface area contributed by atoms with E-state index in [-0.39, 0.29) is 0 Å². The van der Waals surface area contributed by atoms with Crippen LogP contribution in [-0.2, 0) is 7.05 Å². The highest BCUT2D eigenvalue weighted by atomic mass is 15.1. The highest BCUT2D eigenvalue weighted by molar-refractivity contribution is 6.04. The maximum Gasteiger partial charge on any atom is 0.297 e. The van der Waals surface area contributed by atoms with E-state index in [1.54, 1.807) is 6.33 Å². The van der Waals surface area contributed by atoms with Gasteiger partial charge < -0.3 is 0 Å². The zero-order valence-corrected chi connectivity index (χ0v) is 15.3. The molecular weight excluding hydrogens is 332 g/mol. The molecule has 4 nitrogen and oxygen atoms in total. The van der Waals surface area contributed by atoms with Gasteiger partial charge in [-0.1, -0.05) is 42.5 Å². The van der Waals surface area contributed by atoms with Crippen LogP contribution in [0.15, 0.2) is 79.3 Å². The van der Waals surface area contributed by atoms with Crippen LogP contribution in [0, 0.1) is 6.92 Å². The second kappa shape index (κ2) is 6.02. The average molecular weight is 351 g/mol. The lowest BCUT2D eigenvalue weighted by atomic mass is 10.0. The number of rotatable bonds is 2. The van der Waals surface area contributed by atoms with Crippen molar-refractivity contribution in [3.05, 3.63) is 84.8 Å². The zero-order valence-electron chi connectivity index (χ0n) is 15.3. The van der Waals surface area contributed by atoms with Gasteiger partial charge in [-0.3, -0.25) is 0 Å². The first-order chi connectivity index (χ1) is 13.3. The quantitative estimate of drug-likeness (QED) is 0.443. The number of pyridine rings is 1. The second-order valence-corrected chi connectivity index (χ2v) is 6.76. The number of hydrogen-bond donors (Lipinski definition) is 0. The summed E-state index contributed by atoms with van der Waals surface area (Å²) in [6, 6.07) is 23.2. The Bertz CT molecular complexity index is 1290. The van der Waals surface area contributed by atoms with Crippen LogP contribution in [0.25, 0.3) is 39.0 Å². The third-order valence-electron chi connectivity index (χ3n) is 5.16. The summed E-state index contributed by atoms with van der Waals surface area (Å²) in [5, 5.41) is 1.12. The summed E-state index contributed by atoms with van der Waals surface area (Å²) in [4.78, 5) is 8.85. The molecule has 5 rings (SSSR count). The molecular formula is C23H19N4+. The Morgan fingerprint density at radius 3 is 2.48 bits per heavy atom. The van der Waals surface area contributed by atoms with Crippen molar-refractivity contribution in [2.45, 2.75) is 6.92 Å². The van der Waals surface area contributed by atoms with Crippen molar-refractivity contribution >= 4 is 22.1 Å². The SMILES string of the molecule is Cc1ccccc1-c1ccc2c3ncncc3n(-c3ccccc3)c2[n+]1C. The topological polar surface area (TPSA) is 34.6 Å². The molecule has 2 aromatic carbocycles. The molecule has 0 aliphatic rings. The van der Waals surface area contributed by atoms with Gasteiger partial charge in [-0.2, -0.15) is 4.57 Å². The first-order valence-corrected chi connectivity index (χ1v) is 9.00. The number of aryl methyl sites for hydroxylation is 2. The van der Waals surface area contributed by atoms with Crippen molar-refractivity contribution in [1.82, 2.24) is 14.5 Å². The van der Waals surface area contributed by atoms with Gasteiger partial charge in [0.2, 0.25) is 0 Å². The van der Waals surface area contributed by atoms with Gasteiger partial charge in [0.15, 0.2) is 5.52 Å². The smallest absolute Gasteiger partial charge is 0.240 e. The minimum absolute atomic E-state index is 0.968. The van der Waals surface area contributed by atoms with Gasteiger partial charge in [-0.25, -0.2) is 14.5 Å². The van der Waals surface area contributed by atoms with Crippen LogP contribution >= 0.6 is 0 Å². The zero-order chi connectivity index (χ0) is 18.4. The first kappa shape index (κ1) is 15.7. The molecule has 5 aromatic rings. The molecule has 0 aliphatic carbocycles. The van der Waals surface area contributed by atoms with Gasteiger partial charge in [-0.05, 0) is 36.8 Å². The maximum atomic E-state index is 4.57. The van der Waals surface area contributed by atoms with E-state index in [1.807, 2.05) is 12.3 Å². The van der Waals surface area contributed by atoms with E-state index in [0.29, 0.717) is 0 Å². The molecule has 0 fully saturated rings. The Morgan fingerprint density at radius 1 is 0.889 bits per heavy atom. The fraction of sp³-hybridized carbons (Fsp3) is 0.0870. The van der Waals surface area contributed by atoms with Crippen molar-refractivity contribution in [3.63, 3.8) is 0 Å². The van der Waals surface area contributed by atoms with Crippen LogP contribution in [0.3, 0.4) is 0 Å². The predicted octanol–water partition coefficient (Wildman–Crippen LogP) is 4.37. The Hall–Kier alpha value is -3.53. The molecule has 0 atom stereocenters. The second-order valence-electron chi connectivity index (χ2n) is 6.76. The molecule has 0 spiro atoms. The van der Waals surface area contributed by atoms with E-state index >= 15 is 0 Å². The lowest BCUT2D eigenvalue weighted by Crippen LogP contribution is -2.34. The normalized spacial score (nSPS) is 11.3. The molecule has 0 saturated heterocycles. The third kappa shape index (κ3) is 2.34.